The van der Waals surface area contributed by atoms with Crippen molar-refractivity contribution in [1.29, 1.82) is 0 Å². The number of carbonyl (C=O) groups excluding carboxylic acids is 1. The zero-order valence-electron chi connectivity index (χ0n) is 14.4. The molecule has 2 fully saturated rings. The molecule has 2 heterocycles. The fourth-order valence-electron chi connectivity index (χ4n) is 4.18. The van der Waals surface area contributed by atoms with Gasteiger partial charge in [-0.1, -0.05) is 0 Å². The lowest BCUT2D eigenvalue weighted by Gasteiger charge is -2.35. The summed E-state index contributed by atoms with van der Waals surface area (Å²) in [6.45, 7) is 4.28. The number of piperidine rings is 1. The molecule has 3 atom stereocenters. The Balaban J connectivity index is 1.52. The van der Waals surface area contributed by atoms with Gasteiger partial charge in [-0.25, -0.2) is 9.37 Å². The van der Waals surface area contributed by atoms with Crippen LogP contribution in [0.2, 0.25) is 0 Å². The molecule has 1 aromatic carbocycles. The maximum atomic E-state index is 13.1. The average molecular weight is 360 g/mol. The van der Waals surface area contributed by atoms with Crippen LogP contribution in [-0.4, -0.2) is 34.5 Å². The van der Waals surface area contributed by atoms with Crippen LogP contribution in [0.4, 0.5) is 4.39 Å². The Morgan fingerprint density at radius 2 is 2.08 bits per heavy atom. The highest BCUT2D eigenvalue weighted by Crippen LogP contribution is 2.43. The van der Waals surface area contributed by atoms with Gasteiger partial charge in [-0.3, -0.25) is 4.79 Å². The second-order valence-corrected chi connectivity index (χ2v) is 8.12. The number of rotatable bonds is 4. The van der Waals surface area contributed by atoms with Gasteiger partial charge < -0.3 is 9.64 Å². The molecule has 0 unspecified atom stereocenters. The first-order valence-electron chi connectivity index (χ1n) is 8.68. The van der Waals surface area contributed by atoms with Crippen molar-refractivity contribution in [3.8, 4) is 5.75 Å². The summed E-state index contributed by atoms with van der Waals surface area (Å²) in [4.78, 5) is 20.3. The van der Waals surface area contributed by atoms with Gasteiger partial charge in [0.25, 0.3) is 5.91 Å². The second kappa shape index (κ2) is 6.41. The highest BCUT2D eigenvalue weighted by Gasteiger charge is 2.49. The lowest BCUT2D eigenvalue weighted by atomic mass is 9.99. The number of carbonyl (C=O) groups is 1. The molecule has 1 amide bonds. The van der Waals surface area contributed by atoms with Crippen LogP contribution in [0, 0.1) is 25.6 Å². The SMILES string of the molecule is Cc1nc(C)c(C(=O)N2[C@@H]3CC[C@H](C3)[C@@H]2COc2ccc(F)cc2)s1. The number of aromatic nitrogens is 1. The molecular formula is C19H21FN2O2S. The van der Waals surface area contributed by atoms with Gasteiger partial charge in [0.05, 0.1) is 16.7 Å². The topological polar surface area (TPSA) is 42.4 Å². The molecule has 0 radical (unpaired) electrons. The Kier molecular flexibility index (Phi) is 4.23. The Labute approximate surface area is 150 Å². The van der Waals surface area contributed by atoms with E-state index in [2.05, 4.69) is 4.98 Å². The third-order valence-corrected chi connectivity index (χ3v) is 6.37. The molecule has 1 saturated carbocycles. The number of halogens is 1. The zero-order valence-corrected chi connectivity index (χ0v) is 15.2. The van der Waals surface area contributed by atoms with Crippen LogP contribution in [0.5, 0.6) is 5.75 Å². The van der Waals surface area contributed by atoms with Crippen LogP contribution >= 0.6 is 11.3 Å². The Bertz CT molecular complexity index is 789. The highest BCUT2D eigenvalue weighted by molar-refractivity contribution is 7.13. The van der Waals surface area contributed by atoms with Crippen molar-refractivity contribution in [2.75, 3.05) is 6.61 Å². The van der Waals surface area contributed by atoms with Gasteiger partial charge in [-0.2, -0.15) is 0 Å². The van der Waals surface area contributed by atoms with Crippen molar-refractivity contribution in [3.05, 3.63) is 45.7 Å². The van der Waals surface area contributed by atoms with E-state index in [1.165, 1.54) is 23.5 Å². The zero-order chi connectivity index (χ0) is 17.6. The molecule has 2 bridgehead atoms. The predicted octanol–water partition coefficient (Wildman–Crippen LogP) is 3.97. The number of nitrogens with zero attached hydrogens (tertiary/aromatic N) is 2. The number of ether oxygens (including phenoxy) is 1. The van der Waals surface area contributed by atoms with Crippen LogP contribution < -0.4 is 4.74 Å². The molecule has 2 aliphatic rings. The number of hydrogen-bond donors (Lipinski definition) is 0. The summed E-state index contributed by atoms with van der Waals surface area (Å²) < 4.78 is 18.9. The summed E-state index contributed by atoms with van der Waals surface area (Å²) in [6, 6.07) is 6.43. The first kappa shape index (κ1) is 16.5. The van der Waals surface area contributed by atoms with E-state index in [1.807, 2.05) is 18.7 Å². The van der Waals surface area contributed by atoms with E-state index >= 15 is 0 Å². The normalized spacial score (nSPS) is 24.8. The molecule has 4 rings (SSSR count). The van der Waals surface area contributed by atoms with Crippen LogP contribution in [-0.2, 0) is 0 Å². The third-order valence-electron chi connectivity index (χ3n) is 5.31. The molecule has 132 valence electrons. The van der Waals surface area contributed by atoms with Gasteiger partial charge in [0, 0.05) is 6.04 Å². The number of aryl methyl sites for hydroxylation is 2. The van der Waals surface area contributed by atoms with Crippen molar-refractivity contribution in [2.24, 2.45) is 5.92 Å². The van der Waals surface area contributed by atoms with Gasteiger partial charge in [-0.05, 0) is 63.3 Å². The lowest BCUT2D eigenvalue weighted by molar-refractivity contribution is 0.0509. The van der Waals surface area contributed by atoms with E-state index in [0.717, 1.165) is 34.8 Å². The van der Waals surface area contributed by atoms with Crippen molar-refractivity contribution in [3.63, 3.8) is 0 Å². The van der Waals surface area contributed by atoms with E-state index < -0.39 is 0 Å². The molecule has 0 N–H and O–H groups in total. The lowest BCUT2D eigenvalue weighted by Crippen LogP contribution is -2.47. The second-order valence-electron chi connectivity index (χ2n) is 6.92. The Morgan fingerprint density at radius 3 is 2.76 bits per heavy atom. The molecule has 1 saturated heterocycles. The van der Waals surface area contributed by atoms with Gasteiger partial charge in [0.2, 0.25) is 0 Å². The van der Waals surface area contributed by atoms with E-state index in [0.29, 0.717) is 24.3 Å². The fraction of sp³-hybridized carbons (Fsp3) is 0.474. The van der Waals surface area contributed by atoms with Crippen LogP contribution in [0.15, 0.2) is 24.3 Å². The van der Waals surface area contributed by atoms with E-state index in [4.69, 9.17) is 4.74 Å². The van der Waals surface area contributed by atoms with Crippen molar-refractivity contribution >= 4 is 17.2 Å². The molecule has 0 spiro atoms. The Morgan fingerprint density at radius 1 is 1.32 bits per heavy atom. The molecule has 1 aliphatic carbocycles. The largest absolute Gasteiger partial charge is 0.491 e. The molecule has 4 nitrogen and oxygen atoms in total. The maximum Gasteiger partial charge on any atom is 0.266 e. The number of likely N-dealkylation sites (tertiary alicyclic amines) is 1. The first-order valence-corrected chi connectivity index (χ1v) is 9.49. The molecular weight excluding hydrogens is 339 g/mol. The van der Waals surface area contributed by atoms with E-state index in [1.54, 1.807) is 12.1 Å². The number of thiazole rings is 1. The summed E-state index contributed by atoms with van der Waals surface area (Å²) in [5, 5.41) is 0.921. The smallest absolute Gasteiger partial charge is 0.266 e. The Hall–Kier alpha value is -1.95. The first-order chi connectivity index (χ1) is 12.0. The minimum atomic E-state index is -0.278. The summed E-state index contributed by atoms with van der Waals surface area (Å²) in [7, 11) is 0. The molecule has 1 aliphatic heterocycles. The summed E-state index contributed by atoms with van der Waals surface area (Å²) >= 11 is 1.47. The average Bonchev–Trinajstić information content (AvgIpc) is 3.28. The van der Waals surface area contributed by atoms with E-state index in [9.17, 15) is 9.18 Å². The maximum absolute atomic E-state index is 13.1. The standard InChI is InChI=1S/C19H21FN2O2S/c1-11-18(25-12(2)21-11)19(23)22-15-6-3-13(9-15)17(22)10-24-16-7-4-14(20)5-8-16/h4-5,7-8,13,15,17H,3,6,9-10H2,1-2H3/t13-,15-,17+/m1/s1. The number of fused-ring (bicyclic) bond motifs is 2. The fourth-order valence-corrected chi connectivity index (χ4v) is 5.05. The van der Waals surface area contributed by atoms with Crippen molar-refractivity contribution in [2.45, 2.75) is 45.2 Å². The molecule has 1 aromatic heterocycles. The minimum absolute atomic E-state index is 0.0816. The third kappa shape index (κ3) is 3.03. The van der Waals surface area contributed by atoms with Crippen LogP contribution in [0.3, 0.4) is 0 Å². The predicted molar refractivity (Wildman–Crippen MR) is 94.6 cm³/mol. The highest BCUT2D eigenvalue weighted by atomic mass is 32.1. The van der Waals surface area contributed by atoms with Gasteiger partial charge >= 0.3 is 0 Å². The van der Waals surface area contributed by atoms with Crippen LogP contribution in [0.25, 0.3) is 0 Å². The summed E-state index contributed by atoms with van der Waals surface area (Å²) in [5.41, 5.74) is 0.813. The van der Waals surface area contributed by atoms with Gasteiger partial charge in [0.1, 0.15) is 23.1 Å². The van der Waals surface area contributed by atoms with Crippen molar-refractivity contribution < 1.29 is 13.9 Å². The van der Waals surface area contributed by atoms with Crippen molar-refractivity contribution in [1.82, 2.24) is 9.88 Å². The minimum Gasteiger partial charge on any atom is -0.491 e. The quantitative estimate of drug-likeness (QED) is 0.828. The van der Waals surface area contributed by atoms with Crippen LogP contribution in [0.1, 0.15) is 39.6 Å². The number of hydrogen-bond acceptors (Lipinski definition) is 4. The molecule has 2 aromatic rings. The molecule has 25 heavy (non-hydrogen) atoms. The summed E-state index contributed by atoms with van der Waals surface area (Å²) in [5.74, 6) is 0.938. The monoisotopic (exact) mass is 360 g/mol. The van der Waals surface area contributed by atoms with E-state index in [-0.39, 0.29) is 17.8 Å². The van der Waals surface area contributed by atoms with Gasteiger partial charge in [-0.15, -0.1) is 11.3 Å². The number of amides is 1. The summed E-state index contributed by atoms with van der Waals surface area (Å²) in [6.07, 6.45) is 3.27. The number of benzene rings is 1. The molecule has 6 heteroatoms. The van der Waals surface area contributed by atoms with Gasteiger partial charge in [0.15, 0.2) is 0 Å².